The fourth-order valence-electron chi connectivity index (χ4n) is 0.832. The molecule has 1 amide bonds. The number of hydrogen-bond donors (Lipinski definition) is 2. The molecule has 5 heteroatoms. The summed E-state index contributed by atoms with van der Waals surface area (Å²) in [6.45, 7) is 1.47. The quantitative estimate of drug-likeness (QED) is 0.650. The van der Waals surface area contributed by atoms with Crippen LogP contribution in [0, 0.1) is 2.88 Å². The number of hydrogen-bond acceptors (Lipinski definition) is 3. The van der Waals surface area contributed by atoms with E-state index in [9.17, 15) is 4.79 Å². The summed E-state index contributed by atoms with van der Waals surface area (Å²) in [5, 5.41) is 7.65. The molecule has 0 atom stereocenters. The predicted octanol–water partition coefficient (Wildman–Crippen LogP) is 1.30. The Bertz CT molecular complexity index is 287. The molecule has 0 aliphatic heterocycles. The topological polar surface area (TPSA) is 41.1 Å². The number of likely N-dealkylation sites (N-methyl/N-ethyl adjacent to an activating group) is 1. The van der Waals surface area contributed by atoms with Gasteiger partial charge in [-0.1, -0.05) is 0 Å². The van der Waals surface area contributed by atoms with E-state index in [0.717, 1.165) is 15.0 Å². The summed E-state index contributed by atoms with van der Waals surface area (Å²) < 4.78 is 1.14. The van der Waals surface area contributed by atoms with Crippen LogP contribution in [0.2, 0.25) is 0 Å². The largest absolute Gasteiger partial charge is 0.351 e. The average Bonchev–Trinajstić information content (AvgIpc) is 2.52. The van der Waals surface area contributed by atoms with Gasteiger partial charge in [-0.3, -0.25) is 4.79 Å². The maximum absolute atomic E-state index is 11.4. The lowest BCUT2D eigenvalue weighted by atomic mass is 10.3. The van der Waals surface area contributed by atoms with Crippen LogP contribution in [0.3, 0.4) is 0 Å². The zero-order valence-corrected chi connectivity index (χ0v) is 10.2. The van der Waals surface area contributed by atoms with Crippen molar-refractivity contribution in [2.45, 2.75) is 0 Å². The van der Waals surface area contributed by atoms with Crippen molar-refractivity contribution in [1.29, 1.82) is 0 Å². The molecule has 0 unspecified atom stereocenters. The van der Waals surface area contributed by atoms with Crippen LogP contribution in [-0.4, -0.2) is 26.0 Å². The first-order chi connectivity index (χ1) is 6.24. The average molecular weight is 310 g/mol. The summed E-state index contributed by atoms with van der Waals surface area (Å²) in [4.78, 5) is 11.4. The highest BCUT2D eigenvalue weighted by Gasteiger charge is 2.05. The van der Waals surface area contributed by atoms with E-state index in [2.05, 4.69) is 33.2 Å². The van der Waals surface area contributed by atoms with Crippen LogP contribution >= 0.6 is 33.9 Å². The molecule has 0 bridgehead atoms. The second-order valence-corrected chi connectivity index (χ2v) is 5.30. The normalized spacial score (nSPS) is 10.0. The van der Waals surface area contributed by atoms with Gasteiger partial charge >= 0.3 is 0 Å². The number of amides is 1. The van der Waals surface area contributed by atoms with E-state index in [1.54, 1.807) is 11.3 Å². The molecule has 0 aliphatic rings. The van der Waals surface area contributed by atoms with Gasteiger partial charge in [0.2, 0.25) is 0 Å². The van der Waals surface area contributed by atoms with Gasteiger partial charge in [0.15, 0.2) is 0 Å². The van der Waals surface area contributed by atoms with Crippen LogP contribution in [0.5, 0.6) is 0 Å². The van der Waals surface area contributed by atoms with Gasteiger partial charge in [0.05, 0.1) is 8.45 Å². The van der Waals surface area contributed by atoms with Crippen LogP contribution in [0.1, 0.15) is 10.4 Å². The monoisotopic (exact) mass is 310 g/mol. The number of halogens is 1. The molecular weight excluding hydrogens is 299 g/mol. The van der Waals surface area contributed by atoms with Gasteiger partial charge in [0.25, 0.3) is 5.91 Å². The lowest BCUT2D eigenvalue weighted by Gasteiger charge is -2.01. The first-order valence-electron chi connectivity index (χ1n) is 3.91. The van der Waals surface area contributed by atoms with Crippen molar-refractivity contribution in [3.8, 4) is 0 Å². The molecular formula is C8H11IN2OS. The van der Waals surface area contributed by atoms with E-state index < -0.39 is 0 Å². The Labute approximate surface area is 95.1 Å². The minimum absolute atomic E-state index is 0.00872. The van der Waals surface area contributed by atoms with Crippen molar-refractivity contribution < 1.29 is 4.79 Å². The Hall–Kier alpha value is -0.140. The Kier molecular flexibility index (Phi) is 4.68. The Balaban J connectivity index is 2.40. The maximum atomic E-state index is 11.4. The van der Waals surface area contributed by atoms with Gasteiger partial charge < -0.3 is 10.6 Å². The molecule has 0 aromatic carbocycles. The van der Waals surface area contributed by atoms with Gasteiger partial charge in [-0.05, 0) is 35.7 Å². The summed E-state index contributed by atoms with van der Waals surface area (Å²) in [5.41, 5.74) is 0.755. The Morgan fingerprint density at radius 2 is 2.38 bits per heavy atom. The van der Waals surface area contributed by atoms with E-state index in [0.29, 0.717) is 6.54 Å². The molecule has 0 spiro atoms. The fourth-order valence-corrected chi connectivity index (χ4v) is 2.16. The third-order valence-corrected chi connectivity index (χ3v) is 3.28. The molecule has 0 saturated carbocycles. The minimum atomic E-state index is 0.00872. The third kappa shape index (κ3) is 3.61. The number of carbonyl (C=O) groups is 1. The van der Waals surface area contributed by atoms with Gasteiger partial charge in [0, 0.05) is 18.5 Å². The van der Waals surface area contributed by atoms with Crippen LogP contribution in [-0.2, 0) is 0 Å². The van der Waals surface area contributed by atoms with E-state index in [1.807, 2.05) is 18.5 Å². The van der Waals surface area contributed by atoms with Crippen molar-refractivity contribution >= 4 is 39.8 Å². The summed E-state index contributed by atoms with van der Waals surface area (Å²) >= 11 is 3.79. The Morgan fingerprint density at radius 1 is 1.62 bits per heavy atom. The molecule has 0 saturated heterocycles. The van der Waals surface area contributed by atoms with Crippen LogP contribution < -0.4 is 10.6 Å². The second kappa shape index (κ2) is 5.56. The molecule has 0 aliphatic carbocycles. The van der Waals surface area contributed by atoms with E-state index >= 15 is 0 Å². The summed E-state index contributed by atoms with van der Waals surface area (Å²) in [7, 11) is 1.86. The number of thiophene rings is 1. The van der Waals surface area contributed by atoms with Gasteiger partial charge in [0.1, 0.15) is 0 Å². The fraction of sp³-hybridized carbons (Fsp3) is 0.375. The number of nitrogens with one attached hydrogen (secondary N) is 2. The number of carbonyl (C=O) groups excluding carboxylic acids is 1. The Morgan fingerprint density at radius 3 is 2.92 bits per heavy atom. The molecule has 1 rings (SSSR count). The lowest BCUT2D eigenvalue weighted by molar-refractivity contribution is 0.0954. The van der Waals surface area contributed by atoms with E-state index in [1.165, 1.54) is 0 Å². The molecule has 1 aromatic rings. The molecule has 1 aromatic heterocycles. The molecule has 1 heterocycles. The third-order valence-electron chi connectivity index (χ3n) is 1.49. The van der Waals surface area contributed by atoms with Gasteiger partial charge in [-0.15, -0.1) is 11.3 Å². The number of rotatable bonds is 4. The molecule has 72 valence electrons. The predicted molar refractivity (Wildman–Crippen MR) is 63.3 cm³/mol. The molecule has 2 N–H and O–H groups in total. The highest BCUT2D eigenvalue weighted by atomic mass is 127. The van der Waals surface area contributed by atoms with Crippen molar-refractivity contribution in [1.82, 2.24) is 10.6 Å². The molecule has 0 radical (unpaired) electrons. The molecule has 13 heavy (non-hydrogen) atoms. The van der Waals surface area contributed by atoms with Crippen molar-refractivity contribution in [2.24, 2.45) is 0 Å². The zero-order valence-electron chi connectivity index (χ0n) is 7.26. The summed E-state index contributed by atoms with van der Waals surface area (Å²) in [6, 6.07) is 1.89. The van der Waals surface area contributed by atoms with Crippen LogP contribution in [0.25, 0.3) is 0 Å². The van der Waals surface area contributed by atoms with Crippen molar-refractivity contribution in [2.75, 3.05) is 20.1 Å². The molecule has 0 fully saturated rings. The van der Waals surface area contributed by atoms with Gasteiger partial charge in [-0.25, -0.2) is 0 Å². The SMILES string of the molecule is CNCCNC(=O)c1csc(I)c1. The maximum Gasteiger partial charge on any atom is 0.252 e. The first kappa shape index (κ1) is 10.9. The minimum Gasteiger partial charge on any atom is -0.351 e. The highest BCUT2D eigenvalue weighted by Crippen LogP contribution is 2.16. The first-order valence-corrected chi connectivity index (χ1v) is 5.86. The van der Waals surface area contributed by atoms with Crippen molar-refractivity contribution in [3.05, 3.63) is 19.9 Å². The van der Waals surface area contributed by atoms with Gasteiger partial charge in [-0.2, -0.15) is 0 Å². The standard InChI is InChI=1S/C8H11IN2OS/c1-10-2-3-11-8(12)6-4-7(9)13-5-6/h4-5,10H,2-3H2,1H3,(H,11,12). The molecule has 3 nitrogen and oxygen atoms in total. The van der Waals surface area contributed by atoms with Crippen molar-refractivity contribution in [3.63, 3.8) is 0 Å². The zero-order chi connectivity index (χ0) is 9.68. The van der Waals surface area contributed by atoms with Crippen LogP contribution in [0.4, 0.5) is 0 Å². The van der Waals surface area contributed by atoms with Crippen LogP contribution in [0.15, 0.2) is 11.4 Å². The smallest absolute Gasteiger partial charge is 0.252 e. The summed E-state index contributed by atoms with van der Waals surface area (Å²) in [5.74, 6) is 0.00872. The van der Waals surface area contributed by atoms with E-state index in [-0.39, 0.29) is 5.91 Å². The lowest BCUT2D eigenvalue weighted by Crippen LogP contribution is -2.30. The summed E-state index contributed by atoms with van der Waals surface area (Å²) in [6.07, 6.45) is 0. The highest BCUT2D eigenvalue weighted by molar-refractivity contribution is 14.1. The van der Waals surface area contributed by atoms with E-state index in [4.69, 9.17) is 0 Å². The second-order valence-electron chi connectivity index (χ2n) is 2.50.